The van der Waals surface area contributed by atoms with Crippen LogP contribution in [-0.2, 0) is 11.8 Å². The Bertz CT molecular complexity index is 1090. The van der Waals surface area contributed by atoms with E-state index in [-0.39, 0.29) is 11.3 Å². The molecule has 4 aliphatic rings. The summed E-state index contributed by atoms with van der Waals surface area (Å²) in [4.78, 5) is 23.9. The second kappa shape index (κ2) is 6.43. The van der Waals surface area contributed by atoms with Gasteiger partial charge >= 0.3 is 0 Å². The van der Waals surface area contributed by atoms with Crippen LogP contribution in [0.4, 0.5) is 0 Å². The van der Waals surface area contributed by atoms with E-state index in [1.54, 1.807) is 0 Å². The number of hydrogen-bond donors (Lipinski definition) is 0. The number of aromatic nitrogens is 3. The molecule has 1 aliphatic heterocycles. The highest BCUT2D eigenvalue weighted by molar-refractivity contribution is 5.89. The van der Waals surface area contributed by atoms with Gasteiger partial charge in [0.1, 0.15) is 5.82 Å². The van der Waals surface area contributed by atoms with Crippen molar-refractivity contribution in [3.63, 3.8) is 0 Å². The Morgan fingerprint density at radius 2 is 1.90 bits per heavy atom. The van der Waals surface area contributed by atoms with E-state index < -0.39 is 0 Å². The van der Waals surface area contributed by atoms with Gasteiger partial charge in [0.25, 0.3) is 0 Å². The highest BCUT2D eigenvalue weighted by Crippen LogP contribution is 2.67. The molecule has 3 aliphatic carbocycles. The van der Waals surface area contributed by atoms with Gasteiger partial charge in [0, 0.05) is 37.7 Å². The summed E-state index contributed by atoms with van der Waals surface area (Å²) < 4.78 is 2.30. The molecular weight excluding hydrogens is 384 g/mol. The van der Waals surface area contributed by atoms with E-state index in [2.05, 4.69) is 42.6 Å². The maximum Gasteiger partial charge on any atom is 0.246 e. The van der Waals surface area contributed by atoms with E-state index in [1.807, 2.05) is 30.3 Å². The third-order valence-corrected chi connectivity index (χ3v) is 10.1. The van der Waals surface area contributed by atoms with Crippen molar-refractivity contribution in [3.8, 4) is 0 Å². The zero-order chi connectivity index (χ0) is 21.5. The van der Waals surface area contributed by atoms with Crippen LogP contribution in [0.25, 0.3) is 11.2 Å². The topological polar surface area (TPSA) is 51.0 Å². The number of amides is 1. The van der Waals surface area contributed by atoms with Gasteiger partial charge in [-0.1, -0.05) is 19.9 Å². The van der Waals surface area contributed by atoms with Crippen LogP contribution in [0.3, 0.4) is 0 Å². The molecule has 5 nitrogen and oxygen atoms in total. The van der Waals surface area contributed by atoms with Gasteiger partial charge in [0.05, 0.1) is 5.52 Å². The van der Waals surface area contributed by atoms with Crippen LogP contribution in [0, 0.1) is 28.6 Å². The van der Waals surface area contributed by atoms with E-state index in [0.29, 0.717) is 23.3 Å². The number of nitrogens with zero attached hydrogens (tertiary/aromatic N) is 4. The summed E-state index contributed by atoms with van der Waals surface area (Å²) in [5.41, 5.74) is 2.45. The lowest BCUT2D eigenvalue weighted by Crippen LogP contribution is -2.59. The molecule has 31 heavy (non-hydrogen) atoms. The zero-order valence-electron chi connectivity index (χ0n) is 19.2. The number of likely N-dealkylation sites (N-methyl/N-ethyl adjacent to an activating group) is 1. The van der Waals surface area contributed by atoms with Crippen molar-refractivity contribution >= 4 is 17.1 Å². The first kappa shape index (κ1) is 19.5. The van der Waals surface area contributed by atoms with E-state index in [0.717, 1.165) is 29.4 Å². The van der Waals surface area contributed by atoms with Crippen LogP contribution in [0.15, 0.2) is 30.5 Å². The average Bonchev–Trinajstić information content (AvgIpc) is 3.28. The first-order valence-electron chi connectivity index (χ1n) is 12.1. The summed E-state index contributed by atoms with van der Waals surface area (Å²) in [7, 11) is 4.17. The molecule has 0 bridgehead atoms. The molecule has 6 rings (SSSR count). The molecule has 0 spiro atoms. The summed E-state index contributed by atoms with van der Waals surface area (Å²) in [6, 6.07) is 4.51. The maximum absolute atomic E-state index is 12.3. The van der Waals surface area contributed by atoms with Crippen LogP contribution in [-0.4, -0.2) is 38.4 Å². The maximum atomic E-state index is 12.3. The fourth-order valence-corrected chi connectivity index (χ4v) is 8.52. The van der Waals surface area contributed by atoms with Gasteiger partial charge in [-0.3, -0.25) is 4.79 Å². The van der Waals surface area contributed by atoms with Crippen LogP contribution >= 0.6 is 0 Å². The van der Waals surface area contributed by atoms with Gasteiger partial charge in [-0.2, -0.15) is 0 Å². The Kier molecular flexibility index (Phi) is 4.05. The Hall–Kier alpha value is -2.17. The first-order valence-corrected chi connectivity index (χ1v) is 12.1. The summed E-state index contributed by atoms with van der Waals surface area (Å²) >= 11 is 0. The number of hydrogen-bond acceptors (Lipinski definition) is 3. The molecular formula is C26H34N4O. The summed E-state index contributed by atoms with van der Waals surface area (Å²) in [6.07, 6.45) is 13.4. The van der Waals surface area contributed by atoms with Crippen molar-refractivity contribution < 1.29 is 4.79 Å². The molecule has 3 saturated carbocycles. The van der Waals surface area contributed by atoms with Gasteiger partial charge < -0.3 is 9.47 Å². The monoisotopic (exact) mass is 418 g/mol. The summed E-state index contributed by atoms with van der Waals surface area (Å²) in [6.45, 7) is 4.99. The molecule has 1 amide bonds. The highest BCUT2D eigenvalue weighted by atomic mass is 16.2. The Labute approximate surface area is 184 Å². The molecule has 164 valence electrons. The average molecular weight is 419 g/mol. The van der Waals surface area contributed by atoms with E-state index >= 15 is 0 Å². The van der Waals surface area contributed by atoms with Crippen LogP contribution in [0.1, 0.15) is 64.1 Å². The molecule has 3 fully saturated rings. The van der Waals surface area contributed by atoms with Crippen LogP contribution < -0.4 is 0 Å². The largest absolute Gasteiger partial charge is 0.338 e. The smallest absolute Gasteiger partial charge is 0.246 e. The lowest BCUT2D eigenvalue weighted by atomic mass is 9.47. The SMILES string of the molecule is CN1C(=O)C=C[C@]2(C)[C@H]3CC[C@]4(C)[C@@H](c5nc6ncccc6n5C)CC[C@H]4[C@@H]3CC[C@@H]12. The highest BCUT2D eigenvalue weighted by Gasteiger charge is 2.61. The minimum absolute atomic E-state index is 0.118. The van der Waals surface area contributed by atoms with Crippen molar-refractivity contribution in [1.29, 1.82) is 0 Å². The molecule has 5 heteroatoms. The van der Waals surface area contributed by atoms with Crippen molar-refractivity contribution in [2.75, 3.05) is 7.05 Å². The van der Waals surface area contributed by atoms with Gasteiger partial charge in [-0.15, -0.1) is 0 Å². The molecule has 7 atom stereocenters. The zero-order valence-corrected chi connectivity index (χ0v) is 19.2. The Morgan fingerprint density at radius 1 is 1.06 bits per heavy atom. The predicted octanol–water partition coefficient (Wildman–Crippen LogP) is 4.69. The van der Waals surface area contributed by atoms with Gasteiger partial charge in [0.2, 0.25) is 5.91 Å². The predicted molar refractivity (Wildman–Crippen MR) is 121 cm³/mol. The molecule has 2 aromatic heterocycles. The second-order valence-electron chi connectivity index (χ2n) is 11.2. The number of fused-ring (bicyclic) bond motifs is 6. The summed E-state index contributed by atoms with van der Waals surface area (Å²) in [5, 5.41) is 0. The molecule has 2 aromatic rings. The van der Waals surface area contributed by atoms with Gasteiger partial charge in [0.15, 0.2) is 5.65 Å². The van der Waals surface area contributed by atoms with Crippen LogP contribution in [0.5, 0.6) is 0 Å². The lowest BCUT2D eigenvalue weighted by Gasteiger charge is -2.60. The standard InChI is InChI=1S/C26H34N4O/c1-25-13-11-18-16(7-10-21-26(18,2)14-12-22(31)30(21)4)17(25)8-9-19(25)24-28-23-20(29(24)3)6-5-15-27-23/h5-6,12,14-19,21H,7-11,13H2,1-4H3/t16-,17-,18-,19+,21+,25-,26+/m0/s1. The third-order valence-electron chi connectivity index (χ3n) is 10.1. The third kappa shape index (κ3) is 2.46. The minimum atomic E-state index is 0.118. The molecule has 0 unspecified atom stereocenters. The molecule has 0 radical (unpaired) electrons. The minimum Gasteiger partial charge on any atom is -0.338 e. The lowest BCUT2D eigenvalue weighted by molar-refractivity contribution is -0.138. The number of imidazole rings is 1. The van der Waals surface area contributed by atoms with Crippen molar-refractivity contribution in [3.05, 3.63) is 36.3 Å². The quantitative estimate of drug-likeness (QED) is 0.675. The molecule has 3 heterocycles. The van der Waals surface area contributed by atoms with Crippen molar-refractivity contribution in [1.82, 2.24) is 19.4 Å². The van der Waals surface area contributed by atoms with E-state index in [4.69, 9.17) is 4.98 Å². The van der Waals surface area contributed by atoms with Crippen molar-refractivity contribution in [2.45, 2.75) is 64.3 Å². The van der Waals surface area contributed by atoms with Crippen molar-refractivity contribution in [2.24, 2.45) is 35.6 Å². The second-order valence-corrected chi connectivity index (χ2v) is 11.2. The fourth-order valence-electron chi connectivity index (χ4n) is 8.52. The molecule has 0 saturated heterocycles. The van der Waals surface area contributed by atoms with E-state index in [9.17, 15) is 4.79 Å². The Balaban J connectivity index is 1.35. The molecule has 0 N–H and O–H groups in total. The van der Waals surface area contributed by atoms with Gasteiger partial charge in [-0.25, -0.2) is 9.97 Å². The Morgan fingerprint density at radius 3 is 2.71 bits per heavy atom. The molecule has 0 aromatic carbocycles. The number of aryl methyl sites for hydroxylation is 1. The number of rotatable bonds is 1. The van der Waals surface area contributed by atoms with E-state index in [1.165, 1.54) is 37.9 Å². The number of carbonyl (C=O) groups is 1. The number of carbonyl (C=O) groups excluding carboxylic acids is 1. The first-order chi connectivity index (χ1) is 14.8. The van der Waals surface area contributed by atoms with Gasteiger partial charge in [-0.05, 0) is 79.9 Å². The van der Waals surface area contributed by atoms with Crippen LogP contribution in [0.2, 0.25) is 0 Å². The number of pyridine rings is 1. The normalized spacial score (nSPS) is 41.9. The fraction of sp³-hybridized carbons (Fsp3) is 0.654. The summed E-state index contributed by atoms with van der Waals surface area (Å²) in [5.74, 6) is 4.10.